The Morgan fingerprint density at radius 3 is 2.42 bits per heavy atom. The summed E-state index contributed by atoms with van der Waals surface area (Å²) in [5.41, 5.74) is 2.82. The van der Waals surface area contributed by atoms with Crippen molar-refractivity contribution < 1.29 is 9.66 Å². The summed E-state index contributed by atoms with van der Waals surface area (Å²) in [5, 5.41) is 17.3. The minimum Gasteiger partial charge on any atom is -0.496 e. The van der Waals surface area contributed by atoms with Crippen LogP contribution in [0.15, 0.2) is 47.5 Å². The zero-order chi connectivity index (χ0) is 18.2. The smallest absolute Gasteiger partial charge is 0.274 e. The lowest BCUT2D eigenvalue weighted by atomic mass is 10.1. The molecule has 0 saturated carbocycles. The molecule has 0 bridgehead atoms. The van der Waals surface area contributed by atoms with E-state index in [-0.39, 0.29) is 34.6 Å². The molecule has 0 unspecified atom stereocenters. The zero-order valence-electron chi connectivity index (χ0n) is 15.0. The molecule has 0 spiro atoms. The molecule has 2 N–H and O–H groups in total. The first-order valence-corrected chi connectivity index (χ1v) is 7.85. The Morgan fingerprint density at radius 1 is 1.15 bits per heavy atom. The molecule has 2 aromatic rings. The van der Waals surface area contributed by atoms with Gasteiger partial charge in [0.1, 0.15) is 5.75 Å². The second-order valence-electron chi connectivity index (χ2n) is 5.48. The summed E-state index contributed by atoms with van der Waals surface area (Å²) in [6.45, 7) is 2.84. The van der Waals surface area contributed by atoms with Gasteiger partial charge in [-0.05, 0) is 18.6 Å². The molecule has 2 rings (SSSR count). The third-order valence-corrected chi connectivity index (χ3v) is 3.75. The van der Waals surface area contributed by atoms with E-state index < -0.39 is 0 Å². The monoisotopic (exact) mass is 470 g/mol. The Balaban J connectivity index is 0.00000338. The van der Waals surface area contributed by atoms with E-state index in [9.17, 15) is 10.1 Å². The molecule has 0 aliphatic heterocycles. The van der Waals surface area contributed by atoms with Crippen LogP contribution in [0.3, 0.4) is 0 Å². The number of hydrogen-bond acceptors (Lipinski definition) is 4. The van der Waals surface area contributed by atoms with E-state index in [4.69, 9.17) is 4.74 Å². The van der Waals surface area contributed by atoms with Crippen molar-refractivity contribution in [1.29, 1.82) is 0 Å². The molecule has 0 fully saturated rings. The number of methoxy groups -OCH3 is 1. The molecule has 0 amide bonds. The van der Waals surface area contributed by atoms with Crippen LogP contribution >= 0.6 is 24.0 Å². The lowest BCUT2D eigenvalue weighted by Gasteiger charge is -2.14. The standard InChI is InChI=1S/C18H22N4O3.HI/c1-13-8-9-15(17(10-13)25-3)12-21-18(19-2)20-11-14-6-4-5-7-16(14)22(23)24;/h4-10H,11-12H2,1-3H3,(H2,19,20,21);1H. The van der Waals surface area contributed by atoms with Gasteiger partial charge in [-0.25, -0.2) is 0 Å². The second-order valence-corrected chi connectivity index (χ2v) is 5.48. The highest BCUT2D eigenvalue weighted by Gasteiger charge is 2.12. The summed E-state index contributed by atoms with van der Waals surface area (Å²) >= 11 is 0. The number of nitrogens with one attached hydrogen (secondary N) is 2. The number of hydrogen-bond donors (Lipinski definition) is 2. The number of nitro groups is 1. The molecule has 2 aromatic carbocycles. The molecule has 0 atom stereocenters. The third-order valence-electron chi connectivity index (χ3n) is 3.75. The number of aryl methyl sites for hydroxylation is 1. The summed E-state index contributed by atoms with van der Waals surface area (Å²) in [4.78, 5) is 14.8. The molecule has 0 aliphatic carbocycles. The summed E-state index contributed by atoms with van der Waals surface area (Å²) < 4.78 is 5.39. The fourth-order valence-electron chi connectivity index (χ4n) is 2.41. The summed E-state index contributed by atoms with van der Waals surface area (Å²) in [7, 11) is 3.29. The zero-order valence-corrected chi connectivity index (χ0v) is 17.3. The first-order chi connectivity index (χ1) is 12.0. The van der Waals surface area contributed by atoms with Crippen LogP contribution in [0.4, 0.5) is 5.69 Å². The first-order valence-electron chi connectivity index (χ1n) is 7.85. The molecule has 8 heteroatoms. The summed E-state index contributed by atoms with van der Waals surface area (Å²) in [6.07, 6.45) is 0. The van der Waals surface area contributed by atoms with Crippen LogP contribution in [-0.4, -0.2) is 25.0 Å². The van der Waals surface area contributed by atoms with E-state index in [0.717, 1.165) is 16.9 Å². The van der Waals surface area contributed by atoms with Crippen molar-refractivity contribution in [3.05, 3.63) is 69.3 Å². The predicted molar refractivity (Wildman–Crippen MR) is 113 cm³/mol. The molecule has 0 aliphatic rings. The van der Waals surface area contributed by atoms with Crippen molar-refractivity contribution in [3.63, 3.8) is 0 Å². The largest absolute Gasteiger partial charge is 0.496 e. The van der Waals surface area contributed by atoms with E-state index in [1.807, 2.05) is 25.1 Å². The molecule has 26 heavy (non-hydrogen) atoms. The highest BCUT2D eigenvalue weighted by Crippen LogP contribution is 2.20. The number of halogens is 1. The quantitative estimate of drug-likeness (QED) is 0.222. The van der Waals surface area contributed by atoms with Crippen molar-refractivity contribution in [2.24, 2.45) is 4.99 Å². The van der Waals surface area contributed by atoms with E-state index in [1.54, 1.807) is 32.4 Å². The van der Waals surface area contributed by atoms with Crippen LogP contribution in [0.5, 0.6) is 5.75 Å². The number of guanidine groups is 1. The van der Waals surface area contributed by atoms with Gasteiger partial charge in [0.2, 0.25) is 0 Å². The van der Waals surface area contributed by atoms with Gasteiger partial charge in [-0.3, -0.25) is 15.1 Å². The minimum absolute atomic E-state index is 0. The minimum atomic E-state index is -0.385. The van der Waals surface area contributed by atoms with Crippen molar-refractivity contribution in [2.45, 2.75) is 20.0 Å². The average molecular weight is 470 g/mol. The summed E-state index contributed by atoms with van der Waals surface area (Å²) in [5.74, 6) is 1.36. The van der Waals surface area contributed by atoms with Gasteiger partial charge in [0.25, 0.3) is 5.69 Å². The van der Waals surface area contributed by atoms with Gasteiger partial charge < -0.3 is 15.4 Å². The number of para-hydroxylation sites is 1. The van der Waals surface area contributed by atoms with Crippen LogP contribution in [0.2, 0.25) is 0 Å². The molecule has 140 valence electrons. The van der Waals surface area contributed by atoms with Crippen LogP contribution < -0.4 is 15.4 Å². The Labute approximate surface area is 170 Å². The van der Waals surface area contributed by atoms with Crippen molar-refractivity contribution in [2.75, 3.05) is 14.2 Å². The van der Waals surface area contributed by atoms with E-state index in [0.29, 0.717) is 24.6 Å². The van der Waals surface area contributed by atoms with Gasteiger partial charge >= 0.3 is 0 Å². The Kier molecular flexibility index (Phi) is 8.83. The highest BCUT2D eigenvalue weighted by atomic mass is 127. The van der Waals surface area contributed by atoms with E-state index in [2.05, 4.69) is 15.6 Å². The van der Waals surface area contributed by atoms with Gasteiger partial charge in [-0.15, -0.1) is 24.0 Å². The van der Waals surface area contributed by atoms with Crippen LogP contribution in [0.25, 0.3) is 0 Å². The van der Waals surface area contributed by atoms with Gasteiger partial charge in [-0.2, -0.15) is 0 Å². The van der Waals surface area contributed by atoms with Crippen molar-refractivity contribution in [3.8, 4) is 5.75 Å². The Bertz CT molecular complexity index is 781. The third kappa shape index (κ3) is 5.87. The molecule has 0 heterocycles. The number of rotatable bonds is 6. The first kappa shape index (κ1) is 21.7. The topological polar surface area (TPSA) is 88.8 Å². The van der Waals surface area contributed by atoms with Crippen LogP contribution in [0, 0.1) is 17.0 Å². The number of ether oxygens (including phenoxy) is 1. The normalized spacial score (nSPS) is 10.7. The maximum atomic E-state index is 11.1. The number of benzene rings is 2. The number of nitro benzene ring substituents is 1. The Hall–Kier alpha value is -2.36. The lowest BCUT2D eigenvalue weighted by molar-refractivity contribution is -0.385. The van der Waals surface area contributed by atoms with Gasteiger partial charge in [0, 0.05) is 37.3 Å². The van der Waals surface area contributed by atoms with Gasteiger partial charge in [-0.1, -0.05) is 30.3 Å². The fraction of sp³-hybridized carbons (Fsp3) is 0.278. The molecular formula is C18H23IN4O3. The average Bonchev–Trinajstić information content (AvgIpc) is 2.62. The van der Waals surface area contributed by atoms with Crippen LogP contribution in [-0.2, 0) is 13.1 Å². The highest BCUT2D eigenvalue weighted by molar-refractivity contribution is 14.0. The van der Waals surface area contributed by atoms with Crippen molar-refractivity contribution >= 4 is 35.6 Å². The molecule has 0 saturated heterocycles. The number of aliphatic imine (C=N–C) groups is 1. The van der Waals surface area contributed by atoms with Gasteiger partial charge in [0.15, 0.2) is 5.96 Å². The maximum Gasteiger partial charge on any atom is 0.274 e. The van der Waals surface area contributed by atoms with Crippen molar-refractivity contribution in [1.82, 2.24) is 10.6 Å². The lowest BCUT2D eigenvalue weighted by Crippen LogP contribution is -2.36. The Morgan fingerprint density at radius 2 is 1.81 bits per heavy atom. The van der Waals surface area contributed by atoms with Crippen LogP contribution in [0.1, 0.15) is 16.7 Å². The van der Waals surface area contributed by atoms with E-state index in [1.165, 1.54) is 6.07 Å². The SMILES string of the molecule is CN=C(NCc1ccc(C)cc1OC)NCc1ccccc1[N+](=O)[O-].I. The van der Waals surface area contributed by atoms with Gasteiger partial charge in [0.05, 0.1) is 12.0 Å². The molecular weight excluding hydrogens is 447 g/mol. The maximum absolute atomic E-state index is 11.1. The molecule has 0 radical (unpaired) electrons. The van der Waals surface area contributed by atoms with E-state index >= 15 is 0 Å². The molecule has 7 nitrogen and oxygen atoms in total. The fourth-order valence-corrected chi connectivity index (χ4v) is 2.41. The number of nitrogens with zero attached hydrogens (tertiary/aromatic N) is 2. The molecule has 0 aromatic heterocycles. The summed E-state index contributed by atoms with van der Waals surface area (Å²) in [6, 6.07) is 12.6. The predicted octanol–water partition coefficient (Wildman–Crippen LogP) is 3.40. The second kappa shape index (κ2) is 10.6.